The Labute approximate surface area is 117 Å². The van der Waals surface area contributed by atoms with Gasteiger partial charge in [-0.05, 0) is 48.9 Å². The molecule has 1 unspecified atom stereocenters. The van der Waals surface area contributed by atoms with Crippen molar-refractivity contribution in [3.63, 3.8) is 0 Å². The molecule has 0 radical (unpaired) electrons. The van der Waals surface area contributed by atoms with Crippen LogP contribution in [0.25, 0.3) is 0 Å². The van der Waals surface area contributed by atoms with Crippen LogP contribution in [0.4, 0.5) is 4.39 Å². The molecule has 0 spiro atoms. The van der Waals surface area contributed by atoms with Gasteiger partial charge >= 0.3 is 5.97 Å². The standard InChI is InChI=1S/C15H20FNO3/c1-15(17,14(18)19)9-11-8-12(20-7-6-16)4-5-13(11)10-2-3-10/h4-5,8,10H,2-3,6-7,9,17H2,1H3,(H,18,19). The molecule has 0 bridgehead atoms. The minimum atomic E-state index is -1.32. The molecule has 0 amide bonds. The Kier molecular flexibility index (Phi) is 4.28. The average molecular weight is 281 g/mol. The summed E-state index contributed by atoms with van der Waals surface area (Å²) in [6, 6.07) is 5.54. The van der Waals surface area contributed by atoms with E-state index >= 15 is 0 Å². The van der Waals surface area contributed by atoms with Crippen LogP contribution < -0.4 is 10.5 Å². The molecule has 0 aromatic heterocycles. The number of halogens is 1. The number of ether oxygens (including phenoxy) is 1. The Morgan fingerprint density at radius 1 is 1.55 bits per heavy atom. The lowest BCUT2D eigenvalue weighted by Crippen LogP contribution is -2.47. The van der Waals surface area contributed by atoms with E-state index in [9.17, 15) is 9.18 Å². The molecule has 20 heavy (non-hydrogen) atoms. The first-order valence-corrected chi connectivity index (χ1v) is 6.78. The summed E-state index contributed by atoms with van der Waals surface area (Å²) < 4.78 is 17.4. The van der Waals surface area contributed by atoms with Crippen molar-refractivity contribution in [3.05, 3.63) is 29.3 Å². The largest absolute Gasteiger partial charge is 0.491 e. The van der Waals surface area contributed by atoms with Gasteiger partial charge in [0, 0.05) is 6.42 Å². The Balaban J connectivity index is 2.24. The predicted molar refractivity (Wildman–Crippen MR) is 73.8 cm³/mol. The van der Waals surface area contributed by atoms with Crippen molar-refractivity contribution in [3.8, 4) is 5.75 Å². The number of carboxylic acids is 1. The van der Waals surface area contributed by atoms with E-state index in [-0.39, 0.29) is 13.0 Å². The number of aliphatic carboxylic acids is 1. The summed E-state index contributed by atoms with van der Waals surface area (Å²) in [6.45, 7) is 0.950. The summed E-state index contributed by atoms with van der Waals surface area (Å²) in [5.74, 6) is 0.0161. The van der Waals surface area contributed by atoms with Crippen LogP contribution in [0.3, 0.4) is 0 Å². The van der Waals surface area contributed by atoms with Gasteiger partial charge in [-0.25, -0.2) is 4.39 Å². The predicted octanol–water partition coefficient (Wildman–Crippen LogP) is 2.26. The van der Waals surface area contributed by atoms with Crippen molar-refractivity contribution >= 4 is 5.97 Å². The SMILES string of the molecule is CC(N)(Cc1cc(OCCF)ccc1C1CC1)C(=O)O. The fourth-order valence-corrected chi connectivity index (χ4v) is 2.25. The lowest BCUT2D eigenvalue weighted by molar-refractivity contribution is -0.142. The van der Waals surface area contributed by atoms with Gasteiger partial charge in [-0.15, -0.1) is 0 Å². The van der Waals surface area contributed by atoms with E-state index in [1.165, 1.54) is 6.92 Å². The third-order valence-electron chi connectivity index (χ3n) is 3.52. The molecule has 1 saturated carbocycles. The van der Waals surface area contributed by atoms with Crippen molar-refractivity contribution in [2.75, 3.05) is 13.3 Å². The molecular formula is C15H20FNO3. The quantitative estimate of drug-likeness (QED) is 0.804. The first-order chi connectivity index (χ1) is 9.44. The summed E-state index contributed by atoms with van der Waals surface area (Å²) in [7, 11) is 0. The molecule has 0 aliphatic heterocycles. The monoisotopic (exact) mass is 281 g/mol. The topological polar surface area (TPSA) is 72.5 Å². The van der Waals surface area contributed by atoms with Gasteiger partial charge in [0.1, 0.15) is 24.6 Å². The highest BCUT2D eigenvalue weighted by atomic mass is 19.1. The average Bonchev–Trinajstić information content (AvgIpc) is 3.20. The molecule has 5 heteroatoms. The van der Waals surface area contributed by atoms with Crippen LogP contribution in [0.1, 0.15) is 36.8 Å². The summed E-state index contributed by atoms with van der Waals surface area (Å²) >= 11 is 0. The normalized spacial score (nSPS) is 17.6. The number of carboxylic acid groups (broad SMARTS) is 1. The lowest BCUT2D eigenvalue weighted by atomic mass is 9.89. The summed E-state index contributed by atoms with van der Waals surface area (Å²) in [4.78, 5) is 11.2. The van der Waals surface area contributed by atoms with Crippen LogP contribution in [0.15, 0.2) is 18.2 Å². The summed E-state index contributed by atoms with van der Waals surface area (Å²) in [5.41, 5.74) is 6.53. The molecule has 0 heterocycles. The second-order valence-electron chi connectivity index (χ2n) is 5.57. The molecule has 1 atom stereocenters. The zero-order valence-corrected chi connectivity index (χ0v) is 11.6. The van der Waals surface area contributed by atoms with Crippen molar-refractivity contribution in [2.24, 2.45) is 5.73 Å². The van der Waals surface area contributed by atoms with E-state index in [2.05, 4.69) is 0 Å². The van der Waals surface area contributed by atoms with Crippen LogP contribution >= 0.6 is 0 Å². The minimum Gasteiger partial charge on any atom is -0.491 e. The molecule has 1 aliphatic carbocycles. The molecular weight excluding hydrogens is 261 g/mol. The first-order valence-electron chi connectivity index (χ1n) is 6.78. The number of benzene rings is 1. The molecule has 4 nitrogen and oxygen atoms in total. The van der Waals surface area contributed by atoms with Crippen LogP contribution in [0.5, 0.6) is 5.75 Å². The number of hydrogen-bond donors (Lipinski definition) is 2. The highest BCUT2D eigenvalue weighted by Crippen LogP contribution is 2.43. The van der Waals surface area contributed by atoms with Gasteiger partial charge in [-0.2, -0.15) is 0 Å². The van der Waals surface area contributed by atoms with Crippen LogP contribution in [-0.4, -0.2) is 29.9 Å². The Hall–Kier alpha value is -1.62. The van der Waals surface area contributed by atoms with Gasteiger partial charge in [0.15, 0.2) is 0 Å². The molecule has 1 aromatic rings. The maximum atomic E-state index is 12.2. The van der Waals surface area contributed by atoms with Crippen LogP contribution in [0, 0.1) is 0 Å². The Morgan fingerprint density at radius 2 is 2.25 bits per heavy atom. The number of carbonyl (C=O) groups is 1. The number of alkyl halides is 1. The molecule has 1 aliphatic rings. The van der Waals surface area contributed by atoms with Crippen molar-refractivity contribution in [1.82, 2.24) is 0 Å². The van der Waals surface area contributed by atoms with Crippen LogP contribution in [0.2, 0.25) is 0 Å². The van der Waals surface area contributed by atoms with Gasteiger partial charge in [0.25, 0.3) is 0 Å². The number of rotatable bonds is 7. The van der Waals surface area contributed by atoms with Gasteiger partial charge in [-0.3, -0.25) is 4.79 Å². The highest BCUT2D eigenvalue weighted by molar-refractivity contribution is 5.78. The van der Waals surface area contributed by atoms with Gasteiger partial charge < -0.3 is 15.6 Å². The summed E-state index contributed by atoms with van der Waals surface area (Å²) in [6.07, 6.45) is 2.47. The smallest absolute Gasteiger partial charge is 0.323 e. The fourth-order valence-electron chi connectivity index (χ4n) is 2.25. The molecule has 110 valence electrons. The van der Waals surface area contributed by atoms with Crippen molar-refractivity contribution in [2.45, 2.75) is 37.6 Å². The van der Waals surface area contributed by atoms with E-state index in [1.54, 1.807) is 12.1 Å². The third kappa shape index (κ3) is 3.48. The second kappa shape index (κ2) is 5.79. The van der Waals surface area contributed by atoms with Gasteiger partial charge in [-0.1, -0.05) is 6.07 Å². The van der Waals surface area contributed by atoms with Crippen molar-refractivity contribution < 1.29 is 19.0 Å². The Morgan fingerprint density at radius 3 is 2.80 bits per heavy atom. The molecule has 3 N–H and O–H groups in total. The maximum Gasteiger partial charge on any atom is 0.323 e. The second-order valence-corrected chi connectivity index (χ2v) is 5.57. The van der Waals surface area contributed by atoms with Gasteiger partial charge in [0.2, 0.25) is 0 Å². The number of hydrogen-bond acceptors (Lipinski definition) is 3. The fraction of sp³-hybridized carbons (Fsp3) is 0.533. The molecule has 2 rings (SSSR count). The van der Waals surface area contributed by atoms with Crippen molar-refractivity contribution in [1.29, 1.82) is 0 Å². The summed E-state index contributed by atoms with van der Waals surface area (Å²) in [5, 5.41) is 9.15. The molecule has 0 saturated heterocycles. The van der Waals surface area contributed by atoms with E-state index < -0.39 is 18.2 Å². The van der Waals surface area contributed by atoms with E-state index in [0.29, 0.717) is 11.7 Å². The Bertz CT molecular complexity index is 498. The zero-order valence-electron chi connectivity index (χ0n) is 11.6. The minimum absolute atomic E-state index is 0.00103. The lowest BCUT2D eigenvalue weighted by Gasteiger charge is -2.21. The van der Waals surface area contributed by atoms with E-state index in [4.69, 9.17) is 15.6 Å². The van der Waals surface area contributed by atoms with E-state index in [0.717, 1.165) is 24.0 Å². The first kappa shape index (κ1) is 14.8. The maximum absolute atomic E-state index is 12.2. The molecule has 1 aromatic carbocycles. The van der Waals surface area contributed by atoms with Crippen LogP contribution in [-0.2, 0) is 11.2 Å². The third-order valence-corrected chi connectivity index (χ3v) is 3.52. The highest BCUT2D eigenvalue weighted by Gasteiger charge is 2.32. The molecule has 1 fully saturated rings. The zero-order chi connectivity index (χ0) is 14.8. The van der Waals surface area contributed by atoms with E-state index in [1.807, 2.05) is 6.07 Å². The number of nitrogens with two attached hydrogens (primary N) is 1. The van der Waals surface area contributed by atoms with Gasteiger partial charge in [0.05, 0.1) is 0 Å².